The lowest BCUT2D eigenvalue weighted by Gasteiger charge is -2.07. The fourth-order valence-corrected chi connectivity index (χ4v) is 2.28. The van der Waals surface area contributed by atoms with Crippen molar-refractivity contribution in [3.8, 4) is 11.5 Å². The molecule has 0 aliphatic rings. The minimum absolute atomic E-state index is 0.0178. The zero-order chi connectivity index (χ0) is 19.9. The van der Waals surface area contributed by atoms with Crippen molar-refractivity contribution in [1.82, 2.24) is 0 Å². The Bertz CT molecular complexity index is 617. The first kappa shape index (κ1) is 22.6. The fourth-order valence-electron chi connectivity index (χ4n) is 2.28. The predicted octanol–water partition coefficient (Wildman–Crippen LogP) is 5.53. The summed E-state index contributed by atoms with van der Waals surface area (Å²) in [6, 6.07) is 16.5. The van der Waals surface area contributed by atoms with Crippen molar-refractivity contribution >= 4 is 5.97 Å². The third kappa shape index (κ3) is 11.7. The van der Waals surface area contributed by atoms with Crippen molar-refractivity contribution in [3.05, 3.63) is 60.2 Å². The second kappa shape index (κ2) is 13.7. The maximum atomic E-state index is 11.4. The van der Waals surface area contributed by atoms with Gasteiger partial charge in [-0.05, 0) is 43.0 Å². The summed E-state index contributed by atoms with van der Waals surface area (Å²) in [4.78, 5) is 11.4. The SMILES string of the molecule is CC(C)CCCCCOC(=O)COc1ccccc1.Cc1ccccc1O. The number of benzene rings is 2. The molecule has 0 bridgehead atoms. The zero-order valence-electron chi connectivity index (χ0n) is 16.7. The van der Waals surface area contributed by atoms with E-state index in [1.54, 1.807) is 6.07 Å². The van der Waals surface area contributed by atoms with Crippen LogP contribution in [0.5, 0.6) is 11.5 Å². The van der Waals surface area contributed by atoms with Crippen LogP contribution in [-0.4, -0.2) is 24.3 Å². The first-order valence-electron chi connectivity index (χ1n) is 9.57. The third-order valence-corrected chi connectivity index (χ3v) is 3.90. The Balaban J connectivity index is 0.000000377. The lowest BCUT2D eigenvalue weighted by Crippen LogP contribution is -2.15. The van der Waals surface area contributed by atoms with Crippen LogP contribution >= 0.6 is 0 Å². The molecule has 0 amide bonds. The normalized spacial score (nSPS) is 10.1. The number of ether oxygens (including phenoxy) is 2. The molecule has 4 heteroatoms. The highest BCUT2D eigenvalue weighted by atomic mass is 16.6. The van der Waals surface area contributed by atoms with Crippen molar-refractivity contribution < 1.29 is 19.4 Å². The van der Waals surface area contributed by atoms with Crippen LogP contribution in [0, 0.1) is 12.8 Å². The number of unbranched alkanes of at least 4 members (excludes halogenated alkanes) is 2. The van der Waals surface area contributed by atoms with E-state index in [-0.39, 0.29) is 12.6 Å². The molecule has 148 valence electrons. The fraction of sp³-hybridized carbons (Fsp3) is 0.435. The lowest BCUT2D eigenvalue weighted by molar-refractivity contribution is -0.146. The average Bonchev–Trinajstić information content (AvgIpc) is 2.66. The van der Waals surface area contributed by atoms with E-state index in [1.807, 2.05) is 55.5 Å². The minimum atomic E-state index is -0.298. The maximum Gasteiger partial charge on any atom is 0.344 e. The van der Waals surface area contributed by atoms with Gasteiger partial charge >= 0.3 is 5.97 Å². The number of phenolic OH excluding ortho intramolecular Hbond substituents is 1. The van der Waals surface area contributed by atoms with Gasteiger partial charge in [0.05, 0.1) is 6.61 Å². The van der Waals surface area contributed by atoms with Gasteiger partial charge in [0.25, 0.3) is 0 Å². The van der Waals surface area contributed by atoms with Crippen molar-refractivity contribution in [1.29, 1.82) is 0 Å². The van der Waals surface area contributed by atoms with Gasteiger partial charge in [-0.1, -0.05) is 69.5 Å². The van der Waals surface area contributed by atoms with Gasteiger partial charge in [0.2, 0.25) is 0 Å². The average molecular weight is 373 g/mol. The van der Waals surface area contributed by atoms with Crippen LogP contribution in [0.1, 0.15) is 45.1 Å². The number of aryl methyl sites for hydroxylation is 1. The summed E-state index contributed by atoms with van der Waals surface area (Å²) in [7, 11) is 0. The summed E-state index contributed by atoms with van der Waals surface area (Å²) in [5, 5.41) is 8.92. The van der Waals surface area contributed by atoms with Gasteiger partial charge in [0.1, 0.15) is 11.5 Å². The number of aromatic hydroxyl groups is 1. The molecule has 0 heterocycles. The molecule has 0 aliphatic heterocycles. The van der Waals surface area contributed by atoms with E-state index in [1.165, 1.54) is 12.8 Å². The summed E-state index contributed by atoms with van der Waals surface area (Å²) >= 11 is 0. The number of rotatable bonds is 9. The summed E-state index contributed by atoms with van der Waals surface area (Å²) in [5.41, 5.74) is 0.924. The second-order valence-corrected chi connectivity index (χ2v) is 6.85. The number of carbonyl (C=O) groups excluding carboxylic acids is 1. The van der Waals surface area contributed by atoms with E-state index in [2.05, 4.69) is 13.8 Å². The van der Waals surface area contributed by atoms with Gasteiger partial charge < -0.3 is 14.6 Å². The molecule has 0 aliphatic carbocycles. The van der Waals surface area contributed by atoms with Crippen molar-refractivity contribution in [2.45, 2.75) is 46.5 Å². The molecule has 0 saturated heterocycles. The topological polar surface area (TPSA) is 55.8 Å². The first-order chi connectivity index (χ1) is 13.0. The van der Waals surface area contributed by atoms with Crippen LogP contribution < -0.4 is 4.74 Å². The van der Waals surface area contributed by atoms with Crippen molar-refractivity contribution in [3.63, 3.8) is 0 Å². The molecule has 0 saturated carbocycles. The molecule has 0 atom stereocenters. The molecular weight excluding hydrogens is 340 g/mol. The molecule has 2 aromatic carbocycles. The summed E-state index contributed by atoms with van der Waals surface area (Å²) < 4.78 is 10.4. The molecule has 1 N–H and O–H groups in total. The van der Waals surface area contributed by atoms with Gasteiger partial charge in [0, 0.05) is 0 Å². The number of hydrogen-bond donors (Lipinski definition) is 1. The van der Waals surface area contributed by atoms with Crippen LogP contribution in [-0.2, 0) is 9.53 Å². The molecular formula is C23H32O4. The molecule has 0 spiro atoms. The Labute approximate surface area is 163 Å². The van der Waals surface area contributed by atoms with Crippen LogP contribution in [0.2, 0.25) is 0 Å². The Kier molecular flexibility index (Phi) is 11.4. The van der Waals surface area contributed by atoms with E-state index in [4.69, 9.17) is 14.6 Å². The highest BCUT2D eigenvalue weighted by Crippen LogP contribution is 2.12. The van der Waals surface area contributed by atoms with E-state index >= 15 is 0 Å². The third-order valence-electron chi connectivity index (χ3n) is 3.90. The minimum Gasteiger partial charge on any atom is -0.508 e. The van der Waals surface area contributed by atoms with Gasteiger partial charge in [0.15, 0.2) is 6.61 Å². The Morgan fingerprint density at radius 3 is 2.22 bits per heavy atom. The number of esters is 1. The highest BCUT2D eigenvalue weighted by Gasteiger charge is 2.03. The summed E-state index contributed by atoms with van der Waals surface area (Å²) in [5.74, 6) is 1.51. The standard InChI is InChI=1S/C16H24O3.C7H8O/c1-14(2)9-5-4-8-12-18-16(17)13-19-15-10-6-3-7-11-15;1-6-4-2-3-5-7(6)8/h3,6-7,10-11,14H,4-5,8-9,12-13H2,1-2H3;2-5,8H,1H3. The monoisotopic (exact) mass is 372 g/mol. The summed E-state index contributed by atoms with van der Waals surface area (Å²) in [6.45, 7) is 6.79. The first-order valence-corrected chi connectivity index (χ1v) is 9.57. The Hall–Kier alpha value is -2.49. The van der Waals surface area contributed by atoms with Crippen molar-refractivity contribution in [2.75, 3.05) is 13.2 Å². The number of hydrogen-bond acceptors (Lipinski definition) is 4. The molecule has 0 radical (unpaired) electrons. The number of carbonyl (C=O) groups is 1. The zero-order valence-corrected chi connectivity index (χ0v) is 16.7. The molecule has 4 nitrogen and oxygen atoms in total. The van der Waals surface area contributed by atoms with E-state index in [0.29, 0.717) is 18.1 Å². The predicted molar refractivity (Wildman–Crippen MR) is 109 cm³/mol. The van der Waals surface area contributed by atoms with Crippen LogP contribution in [0.3, 0.4) is 0 Å². The largest absolute Gasteiger partial charge is 0.508 e. The summed E-state index contributed by atoms with van der Waals surface area (Å²) in [6.07, 6.45) is 4.50. The second-order valence-electron chi connectivity index (χ2n) is 6.85. The molecule has 0 fully saturated rings. The number of para-hydroxylation sites is 2. The lowest BCUT2D eigenvalue weighted by atomic mass is 10.1. The van der Waals surface area contributed by atoms with E-state index in [0.717, 1.165) is 24.3 Å². The van der Waals surface area contributed by atoms with Gasteiger partial charge in [-0.3, -0.25) is 0 Å². The van der Waals surface area contributed by atoms with Gasteiger partial charge in [-0.25, -0.2) is 4.79 Å². The van der Waals surface area contributed by atoms with Gasteiger partial charge in [-0.2, -0.15) is 0 Å². The smallest absolute Gasteiger partial charge is 0.344 e. The van der Waals surface area contributed by atoms with E-state index < -0.39 is 0 Å². The van der Waals surface area contributed by atoms with Gasteiger partial charge in [-0.15, -0.1) is 0 Å². The molecule has 27 heavy (non-hydrogen) atoms. The van der Waals surface area contributed by atoms with E-state index in [9.17, 15) is 4.79 Å². The molecule has 2 rings (SSSR count). The number of phenols is 1. The van der Waals surface area contributed by atoms with Crippen LogP contribution in [0.25, 0.3) is 0 Å². The Morgan fingerprint density at radius 2 is 1.63 bits per heavy atom. The molecule has 0 aromatic heterocycles. The quantitative estimate of drug-likeness (QED) is 0.465. The molecule has 2 aromatic rings. The maximum absolute atomic E-state index is 11.4. The Morgan fingerprint density at radius 1 is 0.963 bits per heavy atom. The van der Waals surface area contributed by atoms with Crippen LogP contribution in [0.15, 0.2) is 54.6 Å². The molecule has 0 unspecified atom stereocenters. The highest BCUT2D eigenvalue weighted by molar-refractivity contribution is 5.71. The van der Waals surface area contributed by atoms with Crippen molar-refractivity contribution in [2.24, 2.45) is 5.92 Å². The van der Waals surface area contributed by atoms with Crippen LogP contribution in [0.4, 0.5) is 0 Å².